The molecule has 2 aromatic rings. The first kappa shape index (κ1) is 20.7. The van der Waals surface area contributed by atoms with Gasteiger partial charge in [-0.15, -0.1) is 0 Å². The quantitative estimate of drug-likeness (QED) is 0.513. The average molecular weight is 369 g/mol. The summed E-state index contributed by atoms with van der Waals surface area (Å²) in [6, 6.07) is 7.46. The number of benzene rings is 1. The lowest BCUT2D eigenvalue weighted by Gasteiger charge is -2.09. The normalized spacial score (nSPS) is 10.1. The van der Waals surface area contributed by atoms with Crippen LogP contribution in [0.4, 0.5) is 0 Å². The van der Waals surface area contributed by atoms with Gasteiger partial charge >= 0.3 is 0 Å². The van der Waals surface area contributed by atoms with Crippen LogP contribution in [0.15, 0.2) is 29.1 Å². The second kappa shape index (κ2) is 12.1. The number of aryl methyl sites for hydroxylation is 1. The first-order chi connectivity index (χ1) is 11.6. The van der Waals surface area contributed by atoms with E-state index in [0.29, 0.717) is 31.3 Å². The summed E-state index contributed by atoms with van der Waals surface area (Å²) >= 11 is 2.40. The predicted octanol–water partition coefficient (Wildman–Crippen LogP) is 4.31. The van der Waals surface area contributed by atoms with Crippen LogP contribution in [0.1, 0.15) is 25.8 Å². The molecule has 0 saturated carbocycles. The van der Waals surface area contributed by atoms with Crippen molar-refractivity contribution in [2.24, 2.45) is 0 Å². The molecule has 1 aromatic heterocycles. The molecule has 24 heavy (non-hydrogen) atoms. The Bertz CT molecular complexity index is 682. The molecule has 6 heteroatoms. The van der Waals surface area contributed by atoms with Crippen LogP contribution >= 0.6 is 23.1 Å². The third-order valence-corrected chi connectivity index (χ3v) is 4.19. The molecule has 0 N–H and O–H groups in total. The van der Waals surface area contributed by atoms with Gasteiger partial charge in [-0.1, -0.05) is 55.0 Å². The molecule has 0 radical (unpaired) electrons. The second-order valence-corrected chi connectivity index (χ2v) is 7.04. The summed E-state index contributed by atoms with van der Waals surface area (Å²) in [7, 11) is 0. The van der Waals surface area contributed by atoms with Crippen LogP contribution in [0.2, 0.25) is 0 Å². The minimum Gasteiger partial charge on any atom is -0.490 e. The molecule has 4 nitrogen and oxygen atoms in total. The Balaban J connectivity index is 0.000000891. The Morgan fingerprint density at radius 2 is 1.92 bits per heavy atom. The molecule has 0 saturated heterocycles. The zero-order chi connectivity index (χ0) is 17.8. The highest BCUT2D eigenvalue weighted by Gasteiger charge is 2.05. The maximum absolute atomic E-state index is 11.7. The van der Waals surface area contributed by atoms with Gasteiger partial charge < -0.3 is 9.47 Å². The zero-order valence-electron chi connectivity index (χ0n) is 14.4. The van der Waals surface area contributed by atoms with Gasteiger partial charge in [-0.2, -0.15) is 0 Å². The Labute approximate surface area is 151 Å². The molecule has 0 aliphatic carbocycles. The number of carbonyl (C=O) groups is 1. The summed E-state index contributed by atoms with van der Waals surface area (Å²) in [6.45, 7) is 7.57. The number of thioether (sulfide) groups is 1. The van der Waals surface area contributed by atoms with E-state index in [2.05, 4.69) is 13.8 Å². The Morgan fingerprint density at radius 3 is 2.62 bits per heavy atom. The van der Waals surface area contributed by atoms with E-state index in [9.17, 15) is 9.59 Å². The third kappa shape index (κ3) is 7.47. The van der Waals surface area contributed by atoms with Crippen molar-refractivity contribution in [1.29, 1.82) is 0 Å². The lowest BCUT2D eigenvalue weighted by Crippen LogP contribution is -2.09. The fourth-order valence-corrected chi connectivity index (χ4v) is 2.93. The molecule has 0 spiro atoms. The van der Waals surface area contributed by atoms with Crippen molar-refractivity contribution in [3.63, 3.8) is 0 Å². The van der Waals surface area contributed by atoms with Gasteiger partial charge in [0.25, 0.3) is 0 Å². The number of hydrogen-bond donors (Lipinski definition) is 0. The van der Waals surface area contributed by atoms with Gasteiger partial charge in [-0.05, 0) is 19.1 Å². The smallest absolute Gasteiger partial charge is 0.236 e. The van der Waals surface area contributed by atoms with Crippen LogP contribution in [-0.2, 0) is 9.53 Å². The van der Waals surface area contributed by atoms with Gasteiger partial charge in [-0.3, -0.25) is 9.59 Å². The minimum atomic E-state index is -0.0235. The Kier molecular flexibility index (Phi) is 10.4. The van der Waals surface area contributed by atoms with Crippen LogP contribution in [-0.4, -0.2) is 31.2 Å². The monoisotopic (exact) mass is 368 g/mol. The molecule has 0 fully saturated rings. The maximum Gasteiger partial charge on any atom is 0.236 e. The zero-order valence-corrected chi connectivity index (χ0v) is 16.0. The topological polar surface area (TPSA) is 52.6 Å². The highest BCUT2D eigenvalue weighted by Crippen LogP contribution is 2.27. The van der Waals surface area contributed by atoms with E-state index in [1.807, 2.05) is 25.1 Å². The highest BCUT2D eigenvalue weighted by atomic mass is 32.2. The van der Waals surface area contributed by atoms with Crippen molar-refractivity contribution in [3.8, 4) is 5.75 Å². The fourth-order valence-electron chi connectivity index (χ4n) is 1.84. The van der Waals surface area contributed by atoms with Crippen LogP contribution in [0.25, 0.3) is 10.1 Å². The number of carbonyl (C=O) groups excluding carboxylic acids is 1. The standard InChI is InChI=1S/C15H16O4S2.C3H8/c1-11-2-3-14-12(8-11)13(9-15(17)21-14)19-5-4-18-6-7-20-10-16;1-3-2/h2-3,8-10H,4-7H2,1H3;3H2,1-2H3. The number of ether oxygens (including phenoxy) is 2. The molecule has 1 heterocycles. The average Bonchev–Trinajstić information content (AvgIpc) is 2.55. The van der Waals surface area contributed by atoms with Gasteiger partial charge in [-0.25, -0.2) is 0 Å². The van der Waals surface area contributed by atoms with Gasteiger partial charge in [0, 0.05) is 21.9 Å². The highest BCUT2D eigenvalue weighted by molar-refractivity contribution is 8.11. The summed E-state index contributed by atoms with van der Waals surface area (Å²) in [5, 5.41) is 0.955. The minimum absolute atomic E-state index is 0.0235. The van der Waals surface area contributed by atoms with Crippen LogP contribution in [0, 0.1) is 6.92 Å². The van der Waals surface area contributed by atoms with E-state index in [4.69, 9.17) is 9.47 Å². The number of hydrogen-bond acceptors (Lipinski definition) is 6. The third-order valence-electron chi connectivity index (χ3n) is 2.76. The van der Waals surface area contributed by atoms with Crippen molar-refractivity contribution < 1.29 is 14.3 Å². The number of rotatable bonds is 8. The largest absolute Gasteiger partial charge is 0.490 e. The molecule has 0 aliphatic rings. The van der Waals surface area contributed by atoms with Gasteiger partial charge in [0.15, 0.2) is 5.62 Å². The molecule has 0 atom stereocenters. The summed E-state index contributed by atoms with van der Waals surface area (Å²) in [5.74, 6) is 1.24. The predicted molar refractivity (Wildman–Crippen MR) is 104 cm³/mol. The lowest BCUT2D eigenvalue weighted by molar-refractivity contribution is 0.112. The van der Waals surface area contributed by atoms with E-state index < -0.39 is 0 Å². The molecule has 132 valence electrons. The van der Waals surface area contributed by atoms with E-state index in [1.165, 1.54) is 35.6 Å². The molecule has 0 bridgehead atoms. The van der Waals surface area contributed by atoms with Crippen LogP contribution in [0.5, 0.6) is 5.75 Å². The molecule has 0 amide bonds. The molecule has 0 aliphatic heterocycles. The number of fused-ring (bicyclic) bond motifs is 1. The van der Waals surface area contributed by atoms with Crippen molar-refractivity contribution in [1.82, 2.24) is 0 Å². The second-order valence-electron chi connectivity index (χ2n) is 5.06. The van der Waals surface area contributed by atoms with Gasteiger partial charge in [0.2, 0.25) is 4.74 Å². The summed E-state index contributed by atoms with van der Waals surface area (Å²) in [5.41, 5.74) is 1.93. The lowest BCUT2D eigenvalue weighted by atomic mass is 10.2. The first-order valence-corrected chi connectivity index (χ1v) is 9.79. The van der Waals surface area contributed by atoms with Gasteiger partial charge in [0.05, 0.1) is 13.2 Å². The Hall–Kier alpha value is -1.37. The van der Waals surface area contributed by atoms with Crippen LogP contribution in [0.3, 0.4) is 0 Å². The maximum atomic E-state index is 11.7. The molecule has 1 aromatic carbocycles. The molecular weight excluding hydrogens is 344 g/mol. The van der Waals surface area contributed by atoms with E-state index in [-0.39, 0.29) is 4.74 Å². The van der Waals surface area contributed by atoms with Crippen molar-refractivity contribution in [2.45, 2.75) is 27.2 Å². The summed E-state index contributed by atoms with van der Waals surface area (Å²) < 4.78 is 11.9. The first-order valence-electron chi connectivity index (χ1n) is 7.92. The van der Waals surface area contributed by atoms with Crippen LogP contribution < -0.4 is 9.48 Å². The van der Waals surface area contributed by atoms with Crippen molar-refractivity contribution >= 4 is 38.8 Å². The van der Waals surface area contributed by atoms with Crippen molar-refractivity contribution in [3.05, 3.63) is 39.4 Å². The molecule has 0 unspecified atom stereocenters. The fraction of sp³-hybridized carbons (Fsp3) is 0.444. The van der Waals surface area contributed by atoms with Gasteiger partial charge in [0.1, 0.15) is 12.4 Å². The van der Waals surface area contributed by atoms with Crippen molar-refractivity contribution in [2.75, 3.05) is 25.6 Å². The summed E-state index contributed by atoms with van der Waals surface area (Å²) in [6.07, 6.45) is 1.25. The van der Waals surface area contributed by atoms with E-state index >= 15 is 0 Å². The molecule has 2 rings (SSSR count). The van der Waals surface area contributed by atoms with E-state index in [0.717, 1.165) is 21.3 Å². The summed E-state index contributed by atoms with van der Waals surface area (Å²) in [4.78, 5) is 21.8. The Morgan fingerprint density at radius 1 is 1.17 bits per heavy atom. The van der Waals surface area contributed by atoms with E-state index in [1.54, 1.807) is 0 Å². The molecular formula is C18H24O4S2. The SMILES string of the molecule is CCC.Cc1ccc2sc(=O)cc(OCCOCCSC=O)c2c1.